The molecule has 1 saturated heterocycles. The normalized spacial score (nSPS) is 14.6. The SMILES string of the molecule is COc1cc(C(=O)N2CCC(c3nnc(N)cc3OC)CC2)ncc1-c1ccc(C(F)(F)F)cc1. The number of methoxy groups -OCH3 is 2. The Hall–Kier alpha value is -3.89. The number of nitrogen functional groups attached to an aromatic ring is 1. The summed E-state index contributed by atoms with van der Waals surface area (Å²) in [4.78, 5) is 19.1. The Bertz CT molecular complexity index is 1210. The van der Waals surface area contributed by atoms with Gasteiger partial charge in [-0.2, -0.15) is 13.2 Å². The third-order valence-corrected chi connectivity index (χ3v) is 6.02. The monoisotopic (exact) mass is 487 g/mol. The van der Waals surface area contributed by atoms with E-state index in [4.69, 9.17) is 15.2 Å². The van der Waals surface area contributed by atoms with E-state index in [0.717, 1.165) is 17.8 Å². The van der Waals surface area contributed by atoms with E-state index in [1.54, 1.807) is 18.1 Å². The number of likely N-dealkylation sites (tertiary alicyclic amines) is 1. The average Bonchev–Trinajstić information content (AvgIpc) is 2.87. The number of rotatable bonds is 5. The van der Waals surface area contributed by atoms with Gasteiger partial charge < -0.3 is 20.1 Å². The van der Waals surface area contributed by atoms with Crippen LogP contribution in [-0.2, 0) is 6.18 Å². The van der Waals surface area contributed by atoms with Crippen LogP contribution in [0.3, 0.4) is 0 Å². The highest BCUT2D eigenvalue weighted by atomic mass is 19.4. The molecular weight excluding hydrogens is 463 g/mol. The molecular formula is C24H24F3N5O3. The number of aromatic nitrogens is 3. The highest BCUT2D eigenvalue weighted by molar-refractivity contribution is 5.93. The maximum Gasteiger partial charge on any atom is 0.416 e. The summed E-state index contributed by atoms with van der Waals surface area (Å²) in [6.07, 6.45) is -1.64. The molecule has 35 heavy (non-hydrogen) atoms. The fraction of sp³-hybridized carbons (Fsp3) is 0.333. The maximum atomic E-state index is 13.1. The Balaban J connectivity index is 1.48. The molecule has 0 saturated carbocycles. The van der Waals surface area contributed by atoms with Gasteiger partial charge in [-0.25, -0.2) is 0 Å². The molecule has 0 bridgehead atoms. The molecule has 0 atom stereocenters. The largest absolute Gasteiger partial charge is 0.496 e. The van der Waals surface area contributed by atoms with Crippen molar-refractivity contribution in [2.24, 2.45) is 0 Å². The number of amides is 1. The molecule has 3 heterocycles. The number of pyridine rings is 1. The first kappa shape index (κ1) is 24.2. The lowest BCUT2D eigenvalue weighted by atomic mass is 9.92. The van der Waals surface area contributed by atoms with E-state index in [1.165, 1.54) is 31.5 Å². The molecule has 11 heteroatoms. The molecule has 1 amide bonds. The third-order valence-electron chi connectivity index (χ3n) is 6.02. The summed E-state index contributed by atoms with van der Waals surface area (Å²) in [7, 11) is 2.98. The number of nitrogens with zero attached hydrogens (tertiary/aromatic N) is 4. The number of carbonyl (C=O) groups is 1. The van der Waals surface area contributed by atoms with Crippen LogP contribution in [0.1, 0.15) is 40.5 Å². The molecule has 1 aromatic carbocycles. The van der Waals surface area contributed by atoms with Crippen LogP contribution in [0.4, 0.5) is 19.0 Å². The summed E-state index contributed by atoms with van der Waals surface area (Å²) >= 11 is 0. The predicted molar refractivity (Wildman–Crippen MR) is 122 cm³/mol. The van der Waals surface area contributed by atoms with Gasteiger partial charge in [-0.3, -0.25) is 9.78 Å². The Morgan fingerprint density at radius 1 is 1.03 bits per heavy atom. The van der Waals surface area contributed by atoms with Crippen molar-refractivity contribution in [3.63, 3.8) is 0 Å². The lowest BCUT2D eigenvalue weighted by Gasteiger charge is -2.31. The van der Waals surface area contributed by atoms with Crippen LogP contribution in [0.5, 0.6) is 11.5 Å². The minimum Gasteiger partial charge on any atom is -0.496 e. The molecule has 1 aliphatic heterocycles. The van der Waals surface area contributed by atoms with Crippen molar-refractivity contribution >= 4 is 11.7 Å². The number of ether oxygens (including phenoxy) is 2. The van der Waals surface area contributed by atoms with E-state index < -0.39 is 11.7 Å². The number of hydrogen-bond acceptors (Lipinski definition) is 7. The quantitative estimate of drug-likeness (QED) is 0.576. The molecule has 1 fully saturated rings. The molecule has 8 nitrogen and oxygen atoms in total. The molecule has 1 aliphatic rings. The second kappa shape index (κ2) is 9.77. The third kappa shape index (κ3) is 5.13. The number of nitrogens with two attached hydrogens (primary N) is 1. The lowest BCUT2D eigenvalue weighted by molar-refractivity contribution is -0.137. The van der Waals surface area contributed by atoms with Crippen LogP contribution in [0, 0.1) is 0 Å². The maximum absolute atomic E-state index is 13.1. The van der Waals surface area contributed by atoms with Gasteiger partial charge in [0.2, 0.25) is 0 Å². The van der Waals surface area contributed by atoms with Crippen molar-refractivity contribution in [3.8, 4) is 22.6 Å². The van der Waals surface area contributed by atoms with Gasteiger partial charge in [-0.15, -0.1) is 10.2 Å². The first-order valence-electron chi connectivity index (χ1n) is 10.9. The summed E-state index contributed by atoms with van der Waals surface area (Å²) in [6, 6.07) is 7.84. The van der Waals surface area contributed by atoms with Gasteiger partial charge in [0.15, 0.2) is 0 Å². The number of benzene rings is 1. The van der Waals surface area contributed by atoms with E-state index in [9.17, 15) is 18.0 Å². The van der Waals surface area contributed by atoms with Crippen molar-refractivity contribution in [1.29, 1.82) is 0 Å². The van der Waals surface area contributed by atoms with Crippen molar-refractivity contribution in [3.05, 3.63) is 59.5 Å². The van der Waals surface area contributed by atoms with Crippen LogP contribution in [-0.4, -0.2) is 53.3 Å². The second-order valence-corrected chi connectivity index (χ2v) is 8.13. The minimum atomic E-state index is -4.42. The lowest BCUT2D eigenvalue weighted by Crippen LogP contribution is -2.38. The number of alkyl halides is 3. The van der Waals surface area contributed by atoms with Gasteiger partial charge in [0.1, 0.15) is 28.7 Å². The Morgan fingerprint density at radius 2 is 1.69 bits per heavy atom. The number of piperidine rings is 1. The summed E-state index contributed by atoms with van der Waals surface area (Å²) in [6.45, 7) is 0.979. The number of halogens is 3. The van der Waals surface area contributed by atoms with Crippen molar-refractivity contribution in [2.75, 3.05) is 33.0 Å². The molecule has 0 aliphatic carbocycles. The van der Waals surface area contributed by atoms with Gasteiger partial charge in [0.25, 0.3) is 5.91 Å². The van der Waals surface area contributed by atoms with Crippen LogP contribution >= 0.6 is 0 Å². The Morgan fingerprint density at radius 3 is 2.29 bits per heavy atom. The smallest absolute Gasteiger partial charge is 0.416 e. The van der Waals surface area contributed by atoms with Gasteiger partial charge in [-0.1, -0.05) is 12.1 Å². The minimum absolute atomic E-state index is 0.0756. The highest BCUT2D eigenvalue weighted by Gasteiger charge is 2.31. The summed E-state index contributed by atoms with van der Waals surface area (Å²) in [5, 5.41) is 8.11. The molecule has 0 spiro atoms. The standard InChI is InChI=1S/C24H24F3N5O3/c1-34-19-11-18(29-13-17(19)14-3-5-16(6-4-14)24(25,26)27)23(33)32-9-7-15(8-10-32)22-20(35-2)12-21(28)30-31-22/h3-6,11-13,15H,7-10H2,1-2H3,(H2,28,30). The van der Waals surface area contributed by atoms with Crippen LogP contribution in [0.2, 0.25) is 0 Å². The zero-order valence-electron chi connectivity index (χ0n) is 19.2. The Kier molecular flexibility index (Phi) is 6.77. The van der Waals surface area contributed by atoms with Gasteiger partial charge in [0, 0.05) is 42.9 Å². The number of hydrogen-bond donors (Lipinski definition) is 1. The molecule has 0 radical (unpaired) electrons. The zero-order chi connectivity index (χ0) is 25.2. The van der Waals surface area contributed by atoms with Crippen molar-refractivity contribution in [1.82, 2.24) is 20.1 Å². The molecule has 2 N–H and O–H groups in total. The van der Waals surface area contributed by atoms with E-state index in [1.807, 2.05) is 0 Å². The molecule has 3 aromatic rings. The van der Waals surface area contributed by atoms with Gasteiger partial charge in [0.05, 0.1) is 19.8 Å². The van der Waals surface area contributed by atoms with Crippen molar-refractivity contribution < 1.29 is 27.4 Å². The van der Waals surface area contributed by atoms with Crippen LogP contribution in [0.25, 0.3) is 11.1 Å². The molecule has 4 rings (SSSR count). The van der Waals surface area contributed by atoms with E-state index in [0.29, 0.717) is 48.6 Å². The Labute approximate surface area is 199 Å². The summed E-state index contributed by atoms with van der Waals surface area (Å²) < 4.78 is 49.4. The van der Waals surface area contributed by atoms with E-state index in [-0.39, 0.29) is 23.3 Å². The topological polar surface area (TPSA) is 103 Å². The van der Waals surface area contributed by atoms with Crippen molar-refractivity contribution in [2.45, 2.75) is 24.9 Å². The molecule has 2 aromatic heterocycles. The zero-order valence-corrected chi connectivity index (χ0v) is 19.2. The van der Waals surface area contributed by atoms with Gasteiger partial charge >= 0.3 is 6.18 Å². The molecule has 184 valence electrons. The second-order valence-electron chi connectivity index (χ2n) is 8.13. The number of anilines is 1. The molecule has 0 unspecified atom stereocenters. The summed E-state index contributed by atoms with van der Waals surface area (Å²) in [5.74, 6) is 1.02. The fourth-order valence-corrected chi connectivity index (χ4v) is 4.14. The van der Waals surface area contributed by atoms with E-state index >= 15 is 0 Å². The summed E-state index contributed by atoms with van der Waals surface area (Å²) in [5.41, 5.74) is 6.84. The fourth-order valence-electron chi connectivity index (χ4n) is 4.14. The van der Waals surface area contributed by atoms with E-state index in [2.05, 4.69) is 15.2 Å². The highest BCUT2D eigenvalue weighted by Crippen LogP contribution is 2.35. The number of carbonyl (C=O) groups excluding carboxylic acids is 1. The van der Waals surface area contributed by atoms with Crippen LogP contribution in [0.15, 0.2) is 42.6 Å². The first-order valence-corrected chi connectivity index (χ1v) is 10.9. The van der Waals surface area contributed by atoms with Gasteiger partial charge in [-0.05, 0) is 30.5 Å². The first-order chi connectivity index (χ1) is 16.7. The predicted octanol–water partition coefficient (Wildman–Crippen LogP) is 4.18. The average molecular weight is 487 g/mol. The van der Waals surface area contributed by atoms with Crippen LogP contribution < -0.4 is 15.2 Å².